The molecule has 3 nitrogen and oxygen atoms in total. The van der Waals surface area contributed by atoms with Crippen LogP contribution in [0, 0.1) is 5.92 Å². The largest absolute Gasteiger partial charge is 0.497 e. The second-order valence-corrected chi connectivity index (χ2v) is 7.24. The lowest BCUT2D eigenvalue weighted by atomic mass is 9.79. The number of rotatable bonds is 7. The summed E-state index contributed by atoms with van der Waals surface area (Å²) >= 11 is 5.47. The van der Waals surface area contributed by atoms with Gasteiger partial charge in [0.25, 0.3) is 0 Å². The zero-order chi connectivity index (χ0) is 19.1. The Morgan fingerprint density at radius 2 is 1.63 bits per heavy atom. The van der Waals surface area contributed by atoms with Crippen molar-refractivity contribution >= 4 is 17.4 Å². The Balaban J connectivity index is 1.47. The van der Waals surface area contributed by atoms with Crippen LogP contribution in [0.15, 0.2) is 60.1 Å². The highest BCUT2D eigenvalue weighted by molar-refractivity contribution is 6.27. The van der Waals surface area contributed by atoms with Crippen molar-refractivity contribution in [2.24, 2.45) is 5.92 Å². The van der Waals surface area contributed by atoms with Crippen LogP contribution in [0.25, 0.3) is 0 Å². The summed E-state index contributed by atoms with van der Waals surface area (Å²) in [7, 11) is 1.66. The first-order valence-electron chi connectivity index (χ1n) is 9.37. The molecule has 0 aromatic heterocycles. The summed E-state index contributed by atoms with van der Waals surface area (Å²) < 4.78 is 11.1. The summed E-state index contributed by atoms with van der Waals surface area (Å²) in [5.74, 6) is 2.84. The lowest BCUT2D eigenvalue weighted by Crippen LogP contribution is -2.19. The van der Waals surface area contributed by atoms with Crippen LogP contribution in [0.2, 0.25) is 0 Å². The van der Waals surface area contributed by atoms with Crippen molar-refractivity contribution in [2.75, 3.05) is 13.7 Å². The minimum absolute atomic E-state index is 0.0593. The van der Waals surface area contributed by atoms with Gasteiger partial charge in [0, 0.05) is 11.1 Å². The fraction of sp³-hybridized carbons (Fsp3) is 0.348. The minimum atomic E-state index is -0.0593. The van der Waals surface area contributed by atoms with Crippen molar-refractivity contribution in [3.05, 3.63) is 71.3 Å². The normalized spacial score (nSPS) is 19.8. The van der Waals surface area contributed by atoms with Crippen LogP contribution in [0.3, 0.4) is 0 Å². The lowest BCUT2D eigenvalue weighted by molar-refractivity contribution is 0.104. The summed E-state index contributed by atoms with van der Waals surface area (Å²) in [6.07, 6.45) is 6.02. The van der Waals surface area contributed by atoms with Crippen molar-refractivity contribution in [1.29, 1.82) is 0 Å². The summed E-state index contributed by atoms with van der Waals surface area (Å²) in [5.41, 5.74) is 3.25. The number of benzene rings is 2. The van der Waals surface area contributed by atoms with E-state index in [-0.39, 0.29) is 5.78 Å². The zero-order valence-electron chi connectivity index (χ0n) is 15.6. The van der Waals surface area contributed by atoms with Gasteiger partial charge in [-0.05, 0) is 73.4 Å². The molecule has 0 N–H and O–H groups in total. The number of allylic oxidation sites excluding steroid dienone is 1. The first kappa shape index (κ1) is 19.5. The number of ketones is 1. The third-order valence-electron chi connectivity index (χ3n) is 5.27. The molecule has 0 amide bonds. The molecule has 0 aliphatic heterocycles. The van der Waals surface area contributed by atoms with Gasteiger partial charge in [0.2, 0.25) is 0 Å². The van der Waals surface area contributed by atoms with Gasteiger partial charge in [0.05, 0.1) is 13.7 Å². The van der Waals surface area contributed by atoms with Crippen molar-refractivity contribution in [3.8, 4) is 11.5 Å². The van der Waals surface area contributed by atoms with Gasteiger partial charge in [-0.1, -0.05) is 35.9 Å². The van der Waals surface area contributed by atoms with Crippen LogP contribution in [0.5, 0.6) is 11.5 Å². The van der Waals surface area contributed by atoms with E-state index >= 15 is 0 Å². The smallest absolute Gasteiger partial charge is 0.186 e. The van der Waals surface area contributed by atoms with E-state index in [9.17, 15) is 4.79 Å². The maximum absolute atomic E-state index is 11.8. The molecule has 0 unspecified atom stereocenters. The summed E-state index contributed by atoms with van der Waals surface area (Å²) in [4.78, 5) is 11.8. The van der Waals surface area contributed by atoms with Crippen molar-refractivity contribution in [2.45, 2.75) is 31.6 Å². The predicted octanol–water partition coefficient (Wildman–Crippen LogP) is 5.98. The highest BCUT2D eigenvalue weighted by Gasteiger charge is 2.23. The van der Waals surface area contributed by atoms with Crippen LogP contribution in [-0.4, -0.2) is 19.5 Å². The first-order chi connectivity index (χ1) is 13.2. The molecule has 0 radical (unpaired) electrons. The molecule has 0 heterocycles. The van der Waals surface area contributed by atoms with Gasteiger partial charge in [-0.15, -0.1) is 0 Å². The topological polar surface area (TPSA) is 35.5 Å². The van der Waals surface area contributed by atoms with E-state index in [2.05, 4.69) is 12.1 Å². The van der Waals surface area contributed by atoms with E-state index < -0.39 is 0 Å². The summed E-state index contributed by atoms with van der Waals surface area (Å²) in [6.45, 7) is 0.761. The van der Waals surface area contributed by atoms with Crippen molar-refractivity contribution in [1.82, 2.24) is 0 Å². The van der Waals surface area contributed by atoms with E-state index in [1.165, 1.54) is 17.2 Å². The molecule has 0 spiro atoms. The van der Waals surface area contributed by atoms with E-state index in [4.69, 9.17) is 21.1 Å². The maximum atomic E-state index is 11.8. The Kier molecular flexibility index (Phi) is 6.94. The number of hydrogen-bond donors (Lipinski definition) is 0. The molecule has 27 heavy (non-hydrogen) atoms. The molecule has 0 atom stereocenters. The fourth-order valence-corrected chi connectivity index (χ4v) is 3.74. The molecule has 142 valence electrons. The molecule has 1 saturated carbocycles. The molecule has 2 aromatic rings. The molecular formula is C23H25ClO3. The van der Waals surface area contributed by atoms with Gasteiger partial charge in [-0.25, -0.2) is 0 Å². The molecule has 0 saturated heterocycles. The Bertz CT molecular complexity index is 757. The predicted molar refractivity (Wildman–Crippen MR) is 109 cm³/mol. The Hall–Kier alpha value is -2.26. The number of methoxy groups -OCH3 is 1. The van der Waals surface area contributed by atoms with Crippen molar-refractivity contribution < 1.29 is 14.3 Å². The van der Waals surface area contributed by atoms with Crippen LogP contribution in [0.1, 0.15) is 47.5 Å². The molecule has 4 heteroatoms. The second kappa shape index (κ2) is 9.61. The molecule has 2 aromatic carbocycles. The highest BCUT2D eigenvalue weighted by Crippen LogP contribution is 2.36. The third-order valence-corrected chi connectivity index (χ3v) is 5.40. The fourth-order valence-electron chi connectivity index (χ4n) is 3.62. The van der Waals surface area contributed by atoms with E-state index in [1.807, 2.05) is 36.4 Å². The Morgan fingerprint density at radius 3 is 2.22 bits per heavy atom. The average molecular weight is 385 g/mol. The molecule has 3 rings (SSSR count). The van der Waals surface area contributed by atoms with Gasteiger partial charge in [0.1, 0.15) is 11.5 Å². The van der Waals surface area contributed by atoms with Crippen LogP contribution in [-0.2, 0) is 0 Å². The quantitative estimate of drug-likeness (QED) is 0.435. The summed E-state index contributed by atoms with van der Waals surface area (Å²) in [6, 6.07) is 15.7. The highest BCUT2D eigenvalue weighted by atomic mass is 35.5. The number of halogens is 1. The lowest BCUT2D eigenvalue weighted by Gasteiger charge is -2.28. The minimum Gasteiger partial charge on any atom is -0.497 e. The number of hydrogen-bond acceptors (Lipinski definition) is 3. The zero-order valence-corrected chi connectivity index (χ0v) is 16.3. The second-order valence-electron chi connectivity index (χ2n) is 6.98. The molecule has 0 bridgehead atoms. The standard InChI is InChI=1S/C23H25ClO3/c1-26-21-10-12-22(13-11-21)27-16-17-2-4-18(5-3-17)19-6-8-20(9-7-19)23(25)14-15-24/h6-15,17-18H,2-5,16H2,1H3/b15-14+. The van der Waals surface area contributed by atoms with Gasteiger partial charge >= 0.3 is 0 Å². The molecule has 1 aliphatic carbocycles. The van der Waals surface area contributed by atoms with E-state index in [0.29, 0.717) is 17.4 Å². The molecule has 1 aliphatic rings. The number of ether oxygens (including phenoxy) is 2. The van der Waals surface area contributed by atoms with Gasteiger partial charge in [-0.3, -0.25) is 4.79 Å². The van der Waals surface area contributed by atoms with Gasteiger partial charge in [0.15, 0.2) is 5.78 Å². The average Bonchev–Trinajstić information content (AvgIpc) is 2.73. The first-order valence-corrected chi connectivity index (χ1v) is 9.81. The maximum Gasteiger partial charge on any atom is 0.186 e. The third kappa shape index (κ3) is 5.36. The van der Waals surface area contributed by atoms with Gasteiger partial charge in [-0.2, -0.15) is 0 Å². The Labute approximate surface area is 165 Å². The molecular weight excluding hydrogens is 360 g/mol. The van der Waals surface area contributed by atoms with Crippen molar-refractivity contribution in [3.63, 3.8) is 0 Å². The Morgan fingerprint density at radius 1 is 1.00 bits per heavy atom. The summed E-state index contributed by atoms with van der Waals surface area (Å²) in [5, 5.41) is 0. The van der Waals surface area contributed by atoms with E-state index in [1.54, 1.807) is 7.11 Å². The SMILES string of the molecule is COc1ccc(OCC2CCC(c3ccc(C(=O)/C=C/Cl)cc3)CC2)cc1. The van der Waals surface area contributed by atoms with Crippen LogP contribution in [0.4, 0.5) is 0 Å². The molecule has 1 fully saturated rings. The van der Waals surface area contributed by atoms with Gasteiger partial charge < -0.3 is 9.47 Å². The van der Waals surface area contributed by atoms with E-state index in [0.717, 1.165) is 43.8 Å². The number of carbonyl (C=O) groups is 1. The monoisotopic (exact) mass is 384 g/mol. The van der Waals surface area contributed by atoms with Crippen LogP contribution >= 0.6 is 11.6 Å². The number of carbonyl (C=O) groups excluding carboxylic acids is 1. The van der Waals surface area contributed by atoms with Crippen LogP contribution < -0.4 is 9.47 Å².